The summed E-state index contributed by atoms with van der Waals surface area (Å²) >= 11 is 4.18. The summed E-state index contributed by atoms with van der Waals surface area (Å²) < 4.78 is 2.65. The lowest BCUT2D eigenvalue weighted by Gasteiger charge is -2.11. The number of amides is 2. The molecule has 0 aliphatic carbocycles. The molecule has 174 valence electrons. The van der Waals surface area contributed by atoms with Crippen LogP contribution in [0.2, 0.25) is 0 Å². The number of para-hydroxylation sites is 1. The minimum Gasteiger partial charge on any atom is -0.345 e. The molecule has 0 aliphatic rings. The third kappa shape index (κ3) is 6.22. The number of benzene rings is 2. The van der Waals surface area contributed by atoms with Crippen molar-refractivity contribution in [1.29, 1.82) is 0 Å². The summed E-state index contributed by atoms with van der Waals surface area (Å²) in [5, 5.41) is 23.2. The minimum absolute atomic E-state index is 0.122. The molecular weight excluding hydrogens is 490 g/mol. The van der Waals surface area contributed by atoms with Gasteiger partial charge in [0.2, 0.25) is 11.0 Å². The first kappa shape index (κ1) is 23.9. The van der Waals surface area contributed by atoms with Crippen LogP contribution in [0, 0.1) is 0 Å². The van der Waals surface area contributed by atoms with E-state index in [0.29, 0.717) is 21.7 Å². The summed E-state index contributed by atoms with van der Waals surface area (Å²) in [4.78, 5) is 24.9. The zero-order valence-electron chi connectivity index (χ0n) is 18.2. The van der Waals surface area contributed by atoms with Crippen molar-refractivity contribution in [1.82, 2.24) is 30.3 Å². The van der Waals surface area contributed by atoms with Crippen LogP contribution in [0.5, 0.6) is 0 Å². The zero-order chi connectivity index (χ0) is 23.8. The molecule has 34 heavy (non-hydrogen) atoms. The van der Waals surface area contributed by atoms with Gasteiger partial charge in [-0.05, 0) is 30.0 Å². The van der Waals surface area contributed by atoms with Crippen LogP contribution in [0.25, 0.3) is 5.69 Å². The normalized spacial score (nSPS) is 10.7. The molecule has 2 heterocycles. The van der Waals surface area contributed by atoms with E-state index in [0.717, 1.165) is 15.8 Å². The van der Waals surface area contributed by atoms with E-state index in [1.165, 1.54) is 23.1 Å². The van der Waals surface area contributed by atoms with Gasteiger partial charge in [0.15, 0.2) is 15.3 Å². The lowest BCUT2D eigenvalue weighted by atomic mass is 10.2. The Kier molecular flexibility index (Phi) is 8.28. The second kappa shape index (κ2) is 11.8. The quantitative estimate of drug-likeness (QED) is 0.243. The Morgan fingerprint density at radius 1 is 0.941 bits per heavy atom. The van der Waals surface area contributed by atoms with Gasteiger partial charge >= 0.3 is 0 Å². The fraction of sp³-hybridized carbons (Fsp3) is 0.182. The number of rotatable bonds is 10. The summed E-state index contributed by atoms with van der Waals surface area (Å²) in [5.74, 6) is 1.16. The van der Waals surface area contributed by atoms with E-state index in [-0.39, 0.29) is 24.1 Å². The Bertz CT molecular complexity index is 1250. The van der Waals surface area contributed by atoms with E-state index in [2.05, 4.69) is 31.0 Å². The average Bonchev–Trinajstić information content (AvgIpc) is 3.49. The highest BCUT2D eigenvalue weighted by molar-refractivity contribution is 8.01. The Morgan fingerprint density at radius 2 is 1.68 bits per heavy atom. The van der Waals surface area contributed by atoms with Gasteiger partial charge in [0.1, 0.15) is 0 Å². The van der Waals surface area contributed by atoms with Crippen LogP contribution in [-0.2, 0) is 11.3 Å². The molecule has 4 aromatic rings. The van der Waals surface area contributed by atoms with Crippen molar-refractivity contribution in [3.05, 3.63) is 72.1 Å². The van der Waals surface area contributed by atoms with Gasteiger partial charge in [0, 0.05) is 11.3 Å². The number of carbonyl (C=O) groups excluding carboxylic acids is 2. The second-order valence-corrected chi connectivity index (χ2v) is 10.2. The minimum atomic E-state index is -0.212. The molecule has 0 fully saturated rings. The van der Waals surface area contributed by atoms with Gasteiger partial charge in [-0.3, -0.25) is 19.5 Å². The van der Waals surface area contributed by atoms with E-state index < -0.39 is 0 Å². The van der Waals surface area contributed by atoms with Crippen LogP contribution in [0.4, 0.5) is 5.13 Å². The highest BCUT2D eigenvalue weighted by Crippen LogP contribution is 2.26. The molecule has 0 saturated carbocycles. The van der Waals surface area contributed by atoms with Gasteiger partial charge in [-0.15, -0.1) is 20.4 Å². The van der Waals surface area contributed by atoms with Crippen molar-refractivity contribution in [2.24, 2.45) is 0 Å². The van der Waals surface area contributed by atoms with Crippen LogP contribution in [0.15, 0.2) is 70.2 Å². The summed E-state index contributed by atoms with van der Waals surface area (Å²) in [6.45, 7) is 2.22. The molecule has 2 aromatic heterocycles. The largest absolute Gasteiger partial charge is 0.345 e. The Hall–Kier alpha value is -3.22. The Morgan fingerprint density at radius 3 is 2.41 bits per heavy atom. The predicted octanol–water partition coefficient (Wildman–Crippen LogP) is 3.89. The van der Waals surface area contributed by atoms with E-state index in [1.807, 2.05) is 60.0 Å². The number of nitrogens with zero attached hydrogens (tertiary/aromatic N) is 5. The van der Waals surface area contributed by atoms with Crippen molar-refractivity contribution >= 4 is 51.8 Å². The van der Waals surface area contributed by atoms with Crippen LogP contribution in [-0.4, -0.2) is 48.3 Å². The summed E-state index contributed by atoms with van der Waals surface area (Å²) in [5.41, 5.74) is 1.40. The molecule has 12 heteroatoms. The first-order chi connectivity index (χ1) is 16.6. The Balaban J connectivity index is 1.44. The molecule has 0 bridgehead atoms. The molecule has 0 atom stereocenters. The van der Waals surface area contributed by atoms with Gasteiger partial charge in [0.05, 0.1) is 12.3 Å². The van der Waals surface area contributed by atoms with Crippen molar-refractivity contribution in [2.75, 3.05) is 16.8 Å². The summed E-state index contributed by atoms with van der Waals surface area (Å²) in [6.07, 6.45) is 0. The second-order valence-electron chi connectivity index (χ2n) is 6.76. The highest BCUT2D eigenvalue weighted by atomic mass is 32.2. The topological polar surface area (TPSA) is 115 Å². The highest BCUT2D eigenvalue weighted by Gasteiger charge is 2.17. The van der Waals surface area contributed by atoms with E-state index in [4.69, 9.17) is 0 Å². The van der Waals surface area contributed by atoms with Crippen LogP contribution in [0.3, 0.4) is 0 Å². The average molecular weight is 512 g/mol. The number of hydrogen-bond acceptors (Lipinski definition) is 9. The summed E-state index contributed by atoms with van der Waals surface area (Å²) in [6, 6.07) is 18.5. The number of hydrogen-bond donors (Lipinski definition) is 2. The molecule has 0 radical (unpaired) electrons. The molecule has 9 nitrogen and oxygen atoms in total. The van der Waals surface area contributed by atoms with Gasteiger partial charge in [-0.25, -0.2) is 0 Å². The SMILES string of the molecule is CCSc1nnc(NC(=O)CSc2nnc(CNC(=O)c3ccccc3)n2-c2ccccc2)s1. The van der Waals surface area contributed by atoms with E-state index >= 15 is 0 Å². The van der Waals surface area contributed by atoms with Crippen molar-refractivity contribution < 1.29 is 9.59 Å². The molecular formula is C22H21N7O2S3. The molecule has 2 aromatic carbocycles. The van der Waals surface area contributed by atoms with Gasteiger partial charge in [-0.2, -0.15) is 0 Å². The number of aromatic nitrogens is 5. The van der Waals surface area contributed by atoms with E-state index in [9.17, 15) is 9.59 Å². The molecule has 2 amide bonds. The first-order valence-electron chi connectivity index (χ1n) is 10.4. The van der Waals surface area contributed by atoms with Crippen LogP contribution < -0.4 is 10.6 Å². The predicted molar refractivity (Wildman–Crippen MR) is 135 cm³/mol. The number of anilines is 1. The fourth-order valence-corrected chi connectivity index (χ4v) is 5.36. The van der Waals surface area contributed by atoms with Crippen molar-refractivity contribution in [2.45, 2.75) is 23.0 Å². The molecule has 4 rings (SSSR count). The van der Waals surface area contributed by atoms with Gasteiger partial charge < -0.3 is 5.32 Å². The number of thioether (sulfide) groups is 2. The van der Waals surface area contributed by atoms with Crippen LogP contribution in [0.1, 0.15) is 23.1 Å². The Labute approximate surface area is 208 Å². The third-order valence-electron chi connectivity index (χ3n) is 4.41. The lowest BCUT2D eigenvalue weighted by molar-refractivity contribution is -0.113. The maximum Gasteiger partial charge on any atom is 0.251 e. The third-order valence-corrected chi connectivity index (χ3v) is 7.19. The fourth-order valence-electron chi connectivity index (χ4n) is 2.92. The first-order valence-corrected chi connectivity index (χ1v) is 13.1. The maximum absolute atomic E-state index is 12.5. The van der Waals surface area contributed by atoms with Crippen LogP contribution >= 0.6 is 34.9 Å². The molecule has 0 unspecified atom stereocenters. The molecule has 0 saturated heterocycles. The monoisotopic (exact) mass is 511 g/mol. The number of nitrogens with one attached hydrogen (secondary N) is 2. The number of carbonyl (C=O) groups is 2. The summed E-state index contributed by atoms with van der Waals surface area (Å²) in [7, 11) is 0. The maximum atomic E-state index is 12.5. The molecule has 0 spiro atoms. The van der Waals surface area contributed by atoms with Gasteiger partial charge in [0.25, 0.3) is 5.91 Å². The smallest absolute Gasteiger partial charge is 0.251 e. The van der Waals surface area contributed by atoms with Gasteiger partial charge in [-0.1, -0.05) is 78.2 Å². The lowest BCUT2D eigenvalue weighted by Crippen LogP contribution is -2.24. The molecule has 0 aliphatic heterocycles. The standard InChI is InChI=1S/C22H21N7O2S3/c1-2-32-22-28-26-20(34-22)24-18(30)14-33-21-27-25-17(29(21)16-11-7-4-8-12-16)13-23-19(31)15-9-5-3-6-10-15/h3-12H,2,13-14H2,1H3,(H,23,31)(H,24,26,30). The van der Waals surface area contributed by atoms with Crippen molar-refractivity contribution in [3.63, 3.8) is 0 Å². The van der Waals surface area contributed by atoms with Crippen molar-refractivity contribution in [3.8, 4) is 5.69 Å². The van der Waals surface area contributed by atoms with E-state index in [1.54, 1.807) is 23.9 Å². The zero-order valence-corrected chi connectivity index (χ0v) is 20.6. The molecule has 2 N–H and O–H groups in total.